The summed E-state index contributed by atoms with van der Waals surface area (Å²) in [7, 11) is -6.77. The van der Waals surface area contributed by atoms with Gasteiger partial charge in [0, 0.05) is 0 Å². The fraction of sp³-hybridized carbons (Fsp3) is 0.325. The topological polar surface area (TPSA) is 98.8 Å². The van der Waals surface area contributed by atoms with E-state index in [1.807, 2.05) is 121 Å². The van der Waals surface area contributed by atoms with Crippen molar-refractivity contribution in [3.63, 3.8) is 0 Å². The van der Waals surface area contributed by atoms with Crippen LogP contribution in [0.5, 0.6) is 0 Å². The highest BCUT2D eigenvalue weighted by atomic mass is 31.2. The van der Waals surface area contributed by atoms with Gasteiger partial charge >= 0.3 is 13.8 Å². The van der Waals surface area contributed by atoms with E-state index in [-0.39, 0.29) is 49.6 Å². The molecular formula is C40H47O9PSi. The van der Waals surface area contributed by atoms with Crippen LogP contribution in [0.25, 0.3) is 0 Å². The number of ether oxygens (including phenoxy) is 3. The van der Waals surface area contributed by atoms with Gasteiger partial charge in [0.15, 0.2) is 20.2 Å². The summed E-state index contributed by atoms with van der Waals surface area (Å²) in [6.07, 6.45) is -2.35. The first kappa shape index (κ1) is 38.2. The molecule has 11 heteroatoms. The van der Waals surface area contributed by atoms with Gasteiger partial charge in [0.25, 0.3) is 0 Å². The Morgan fingerprint density at radius 3 is 1.51 bits per heavy atom. The first-order valence-corrected chi connectivity index (χ1v) is 21.4. The van der Waals surface area contributed by atoms with Crippen molar-refractivity contribution in [3.05, 3.63) is 155 Å². The molecule has 51 heavy (non-hydrogen) atoms. The minimum atomic E-state index is -4.36. The quantitative estimate of drug-likeness (QED) is 0.0563. The van der Waals surface area contributed by atoms with E-state index in [4.69, 9.17) is 32.2 Å². The monoisotopic (exact) mass is 730 g/mol. The fourth-order valence-electron chi connectivity index (χ4n) is 4.84. The number of phosphoric ester groups is 1. The molecule has 0 fully saturated rings. The van der Waals surface area contributed by atoms with Crippen molar-refractivity contribution in [3.8, 4) is 0 Å². The van der Waals surface area contributed by atoms with Crippen LogP contribution >= 0.6 is 7.82 Å². The molecule has 1 aliphatic heterocycles. The van der Waals surface area contributed by atoms with Crippen molar-refractivity contribution < 1.29 is 41.6 Å². The largest absolute Gasteiger partial charge is 0.485 e. The third kappa shape index (κ3) is 11.0. The SMILES string of the molecule is CC(C)(C)[Si](C)(C)OC[C@H](OP(=O)(OCc1ccccc1)OCc1ccccc1)[C@H]1OC(=O)C(OCc2ccccc2)=C1OCc1ccccc1. The van der Waals surface area contributed by atoms with E-state index in [2.05, 4.69) is 33.9 Å². The molecule has 4 aromatic rings. The second kappa shape index (κ2) is 17.5. The Morgan fingerprint density at radius 1 is 0.667 bits per heavy atom. The highest BCUT2D eigenvalue weighted by Gasteiger charge is 2.48. The van der Waals surface area contributed by atoms with Crippen LogP contribution in [-0.2, 0) is 68.0 Å². The number of phosphoric acid groups is 1. The zero-order valence-electron chi connectivity index (χ0n) is 29.9. The molecule has 0 saturated heterocycles. The average molecular weight is 731 g/mol. The lowest BCUT2D eigenvalue weighted by atomic mass is 10.1. The molecular weight excluding hydrogens is 683 g/mol. The van der Waals surface area contributed by atoms with Crippen LogP contribution in [0.2, 0.25) is 18.1 Å². The number of hydrogen-bond donors (Lipinski definition) is 0. The highest BCUT2D eigenvalue weighted by molar-refractivity contribution is 7.48. The molecule has 2 atom stereocenters. The highest BCUT2D eigenvalue weighted by Crippen LogP contribution is 2.53. The van der Waals surface area contributed by atoms with Crippen LogP contribution in [0.4, 0.5) is 0 Å². The maximum absolute atomic E-state index is 14.7. The maximum atomic E-state index is 14.7. The van der Waals surface area contributed by atoms with Gasteiger partial charge in [-0.25, -0.2) is 9.36 Å². The Labute approximate surface area is 302 Å². The predicted molar refractivity (Wildman–Crippen MR) is 197 cm³/mol. The summed E-state index contributed by atoms with van der Waals surface area (Å²) < 4.78 is 58.0. The predicted octanol–water partition coefficient (Wildman–Crippen LogP) is 9.51. The van der Waals surface area contributed by atoms with Gasteiger partial charge in [0.1, 0.15) is 19.3 Å². The number of cyclic esters (lactones) is 1. The van der Waals surface area contributed by atoms with Gasteiger partial charge in [-0.05, 0) is 40.4 Å². The van der Waals surface area contributed by atoms with E-state index in [0.717, 1.165) is 22.3 Å². The Morgan fingerprint density at radius 2 is 1.08 bits per heavy atom. The molecule has 0 amide bonds. The molecule has 0 N–H and O–H groups in total. The minimum Gasteiger partial charge on any atom is -0.485 e. The number of esters is 1. The van der Waals surface area contributed by atoms with Gasteiger partial charge in [0.05, 0.1) is 19.8 Å². The Bertz CT molecular complexity index is 1710. The molecule has 4 aromatic carbocycles. The van der Waals surface area contributed by atoms with Crippen molar-refractivity contribution in [2.45, 2.75) is 77.5 Å². The lowest BCUT2D eigenvalue weighted by Crippen LogP contribution is -2.45. The molecule has 0 spiro atoms. The molecule has 1 aliphatic rings. The fourth-order valence-corrected chi connectivity index (χ4v) is 7.17. The molecule has 0 aromatic heterocycles. The van der Waals surface area contributed by atoms with E-state index in [1.54, 1.807) is 0 Å². The average Bonchev–Trinajstić information content (AvgIpc) is 3.45. The van der Waals surface area contributed by atoms with E-state index in [1.165, 1.54) is 0 Å². The van der Waals surface area contributed by atoms with E-state index >= 15 is 0 Å². The molecule has 0 bridgehead atoms. The van der Waals surface area contributed by atoms with Crippen LogP contribution < -0.4 is 0 Å². The summed E-state index contributed by atoms with van der Waals surface area (Å²) in [4.78, 5) is 13.6. The summed E-state index contributed by atoms with van der Waals surface area (Å²) in [6.45, 7) is 10.6. The number of benzene rings is 4. The normalized spacial score (nSPS) is 15.8. The molecule has 270 valence electrons. The second-order valence-corrected chi connectivity index (χ2v) is 20.2. The molecule has 0 radical (unpaired) electrons. The van der Waals surface area contributed by atoms with Crippen LogP contribution in [0.15, 0.2) is 133 Å². The van der Waals surface area contributed by atoms with Gasteiger partial charge in [-0.2, -0.15) is 0 Å². The van der Waals surface area contributed by atoms with E-state index < -0.39 is 34.3 Å². The summed E-state index contributed by atoms with van der Waals surface area (Å²) in [5.74, 6) is -0.711. The summed E-state index contributed by atoms with van der Waals surface area (Å²) in [5.41, 5.74) is 3.26. The van der Waals surface area contributed by atoms with Crippen LogP contribution in [0.3, 0.4) is 0 Å². The van der Waals surface area contributed by atoms with Crippen molar-refractivity contribution >= 4 is 22.1 Å². The third-order valence-electron chi connectivity index (χ3n) is 8.85. The summed E-state index contributed by atoms with van der Waals surface area (Å²) in [6, 6.07) is 37.6. The van der Waals surface area contributed by atoms with Crippen molar-refractivity contribution in [1.82, 2.24) is 0 Å². The summed E-state index contributed by atoms with van der Waals surface area (Å²) >= 11 is 0. The van der Waals surface area contributed by atoms with Crippen molar-refractivity contribution in [1.29, 1.82) is 0 Å². The lowest BCUT2D eigenvalue weighted by molar-refractivity contribution is -0.148. The number of hydrogen-bond acceptors (Lipinski definition) is 9. The van der Waals surface area contributed by atoms with Gasteiger partial charge in [0.2, 0.25) is 5.76 Å². The smallest absolute Gasteiger partial charge is 0.475 e. The zero-order chi connectivity index (χ0) is 36.3. The summed E-state index contributed by atoms with van der Waals surface area (Å²) in [5, 5.41) is -0.159. The van der Waals surface area contributed by atoms with Crippen LogP contribution in [-0.4, -0.2) is 33.1 Å². The van der Waals surface area contributed by atoms with Crippen LogP contribution in [0, 0.1) is 0 Å². The van der Waals surface area contributed by atoms with Crippen molar-refractivity contribution in [2.75, 3.05) is 6.61 Å². The molecule has 9 nitrogen and oxygen atoms in total. The van der Waals surface area contributed by atoms with E-state index in [0.29, 0.717) is 0 Å². The molecule has 0 aliphatic carbocycles. The minimum absolute atomic E-state index is 0.0498. The van der Waals surface area contributed by atoms with Crippen molar-refractivity contribution in [2.24, 2.45) is 0 Å². The van der Waals surface area contributed by atoms with Crippen LogP contribution in [0.1, 0.15) is 43.0 Å². The first-order chi connectivity index (χ1) is 24.4. The Balaban J connectivity index is 1.50. The standard InChI is InChI=1S/C40H47O9PSi/c1-40(2,3)51(4,5)47-30-35(49-50(42,45-28-33-22-14-8-15-23-33)46-29-34-24-16-9-17-25-34)36-37(43-26-31-18-10-6-11-19-31)38(39(41)48-36)44-27-32-20-12-7-13-21-32/h6-25,35-36H,26-30H2,1-5H3/t35-,36+/m0/s1. The Kier molecular flexibility index (Phi) is 13.1. The second-order valence-electron chi connectivity index (χ2n) is 13.7. The zero-order valence-corrected chi connectivity index (χ0v) is 31.8. The molecule has 5 rings (SSSR count). The lowest BCUT2D eigenvalue weighted by Gasteiger charge is -2.38. The molecule has 0 unspecified atom stereocenters. The van der Waals surface area contributed by atoms with Gasteiger partial charge < -0.3 is 18.6 Å². The van der Waals surface area contributed by atoms with Gasteiger partial charge in [-0.1, -0.05) is 142 Å². The number of rotatable bonds is 18. The van der Waals surface area contributed by atoms with E-state index in [9.17, 15) is 9.36 Å². The maximum Gasteiger partial charge on any atom is 0.475 e. The molecule has 1 heterocycles. The Hall–Kier alpha value is -4.02. The molecule has 0 saturated carbocycles. The van der Waals surface area contributed by atoms with Gasteiger partial charge in [-0.15, -0.1) is 0 Å². The number of carbonyl (C=O) groups excluding carboxylic acids is 1. The third-order valence-corrected chi connectivity index (χ3v) is 14.8. The number of carbonyl (C=O) groups is 1. The van der Waals surface area contributed by atoms with Gasteiger partial charge in [-0.3, -0.25) is 13.6 Å². The first-order valence-electron chi connectivity index (χ1n) is 17.0.